The van der Waals surface area contributed by atoms with Crippen LogP contribution in [0, 0.1) is 5.92 Å². The summed E-state index contributed by atoms with van der Waals surface area (Å²) in [5.41, 5.74) is 8.64. The third-order valence-corrected chi connectivity index (χ3v) is 7.19. The van der Waals surface area contributed by atoms with Crippen molar-refractivity contribution in [2.75, 3.05) is 10.8 Å². The Bertz CT molecular complexity index is 678. The molecule has 0 spiro atoms. The molecule has 1 aliphatic heterocycles. The number of nitrogens with zero attached hydrogens (tertiary/aromatic N) is 1. The number of hydrogen-bond acceptors (Lipinski definition) is 4. The number of nitrogens with two attached hydrogens (primary N) is 1. The normalized spacial score (nSPS) is 21.8. The summed E-state index contributed by atoms with van der Waals surface area (Å²) in [6.45, 7) is 2.67. The monoisotopic (exact) mass is 346 g/mol. The van der Waals surface area contributed by atoms with Crippen LogP contribution in [-0.2, 0) is 6.42 Å². The van der Waals surface area contributed by atoms with Gasteiger partial charge in [-0.1, -0.05) is 49.7 Å². The van der Waals surface area contributed by atoms with E-state index in [9.17, 15) is 9.11 Å². The maximum absolute atomic E-state index is 11.2. The van der Waals surface area contributed by atoms with Crippen LogP contribution in [0.15, 0.2) is 54.6 Å². The summed E-state index contributed by atoms with van der Waals surface area (Å²) in [5.74, 6) is 0.194. The van der Waals surface area contributed by atoms with Gasteiger partial charge in [-0.2, -0.15) is 0 Å². The molecule has 0 bridgehead atoms. The van der Waals surface area contributed by atoms with Gasteiger partial charge in [-0.15, -0.1) is 10.8 Å². The highest BCUT2D eigenvalue weighted by Gasteiger charge is 2.42. The van der Waals surface area contributed by atoms with Crippen molar-refractivity contribution in [3.05, 3.63) is 60.2 Å². The molecular formula is C19H26N2O2S. The summed E-state index contributed by atoms with van der Waals surface area (Å²) in [6.07, 6.45) is 2.38. The van der Waals surface area contributed by atoms with Crippen molar-refractivity contribution in [1.82, 2.24) is 0 Å². The quantitative estimate of drug-likeness (QED) is 0.728. The molecule has 2 aromatic rings. The lowest BCUT2D eigenvalue weighted by atomic mass is 9.92. The molecule has 2 atom stereocenters. The van der Waals surface area contributed by atoms with Gasteiger partial charge in [0.05, 0.1) is 16.6 Å². The van der Waals surface area contributed by atoms with E-state index >= 15 is 0 Å². The SMILES string of the molecule is CCC(CCN)C1Cc2ccccc2N(c2ccccc2)S1(O)O. The lowest BCUT2D eigenvalue weighted by Gasteiger charge is -2.54. The third kappa shape index (κ3) is 3.05. The molecular weight excluding hydrogens is 320 g/mol. The fourth-order valence-corrected chi connectivity index (χ4v) is 6.06. The molecule has 2 aromatic carbocycles. The Morgan fingerprint density at radius 3 is 2.46 bits per heavy atom. The molecule has 1 aliphatic rings. The van der Waals surface area contributed by atoms with Gasteiger partial charge in [0.25, 0.3) is 0 Å². The van der Waals surface area contributed by atoms with Gasteiger partial charge in [0.15, 0.2) is 0 Å². The molecule has 0 fully saturated rings. The summed E-state index contributed by atoms with van der Waals surface area (Å²) >= 11 is 0. The first kappa shape index (κ1) is 17.3. The second-order valence-electron chi connectivity index (χ2n) is 6.31. The van der Waals surface area contributed by atoms with Crippen molar-refractivity contribution < 1.29 is 9.11 Å². The highest BCUT2D eigenvalue weighted by atomic mass is 32.3. The highest BCUT2D eigenvalue weighted by molar-refractivity contribution is 8.26. The smallest absolute Gasteiger partial charge is 0.0761 e. The molecule has 2 unspecified atom stereocenters. The Kier molecular flexibility index (Phi) is 5.15. The highest BCUT2D eigenvalue weighted by Crippen LogP contribution is 2.61. The van der Waals surface area contributed by atoms with E-state index in [4.69, 9.17) is 5.73 Å². The van der Waals surface area contributed by atoms with Crippen molar-refractivity contribution in [3.8, 4) is 0 Å². The van der Waals surface area contributed by atoms with Gasteiger partial charge in [0.1, 0.15) is 0 Å². The zero-order chi connectivity index (χ0) is 17.2. The molecule has 1 heterocycles. The van der Waals surface area contributed by atoms with E-state index in [1.807, 2.05) is 48.5 Å². The minimum Gasteiger partial charge on any atom is -0.330 e. The van der Waals surface area contributed by atoms with Crippen LogP contribution in [-0.4, -0.2) is 20.9 Å². The lowest BCUT2D eigenvalue weighted by Crippen LogP contribution is -2.42. The first-order chi connectivity index (χ1) is 11.6. The first-order valence-corrected chi connectivity index (χ1v) is 10.1. The van der Waals surface area contributed by atoms with Crippen LogP contribution < -0.4 is 10.0 Å². The summed E-state index contributed by atoms with van der Waals surface area (Å²) in [5, 5.41) is -0.207. The Morgan fingerprint density at radius 1 is 1.12 bits per heavy atom. The lowest BCUT2D eigenvalue weighted by molar-refractivity contribution is 0.389. The van der Waals surface area contributed by atoms with E-state index in [2.05, 4.69) is 13.0 Å². The minimum absolute atomic E-state index is 0.194. The first-order valence-electron chi connectivity index (χ1n) is 8.50. The molecule has 0 radical (unpaired) electrons. The second-order valence-corrected chi connectivity index (χ2v) is 8.40. The largest absolute Gasteiger partial charge is 0.330 e. The van der Waals surface area contributed by atoms with Crippen LogP contribution in [0.25, 0.3) is 0 Å². The maximum atomic E-state index is 11.2. The van der Waals surface area contributed by atoms with Gasteiger partial charge in [-0.05, 0) is 49.1 Å². The fraction of sp³-hybridized carbons (Fsp3) is 0.368. The average Bonchev–Trinajstić information content (AvgIpc) is 2.59. The van der Waals surface area contributed by atoms with Gasteiger partial charge in [-0.25, -0.2) is 4.31 Å². The van der Waals surface area contributed by atoms with Gasteiger partial charge in [-0.3, -0.25) is 9.11 Å². The molecule has 0 aromatic heterocycles. The molecule has 4 N–H and O–H groups in total. The van der Waals surface area contributed by atoms with Gasteiger partial charge in [0, 0.05) is 0 Å². The predicted octanol–water partition coefficient (Wildman–Crippen LogP) is 4.79. The van der Waals surface area contributed by atoms with Crippen LogP contribution in [0.2, 0.25) is 0 Å². The summed E-state index contributed by atoms with van der Waals surface area (Å²) < 4.78 is 24.2. The summed E-state index contributed by atoms with van der Waals surface area (Å²) in [4.78, 5) is 0. The standard InChI is InChI=1S/C19H26N2O2S/c1-2-15(12-13-20)19-14-16-8-6-7-11-18(16)21(24(19,22)23)17-9-4-3-5-10-17/h3-11,15,19,22-23H,2,12-14,20H2,1H3. The number of hydrogen-bond donors (Lipinski definition) is 3. The van der Waals surface area contributed by atoms with E-state index in [1.54, 1.807) is 4.31 Å². The van der Waals surface area contributed by atoms with Crippen molar-refractivity contribution >= 4 is 22.2 Å². The minimum atomic E-state index is -2.99. The average molecular weight is 346 g/mol. The molecule has 130 valence electrons. The van der Waals surface area contributed by atoms with E-state index in [0.29, 0.717) is 13.0 Å². The molecule has 3 rings (SSSR count). The van der Waals surface area contributed by atoms with Crippen molar-refractivity contribution in [1.29, 1.82) is 0 Å². The van der Waals surface area contributed by atoms with Crippen molar-refractivity contribution in [2.45, 2.75) is 31.4 Å². The molecule has 0 aliphatic carbocycles. The van der Waals surface area contributed by atoms with E-state index in [0.717, 1.165) is 29.8 Å². The van der Waals surface area contributed by atoms with Crippen LogP contribution in [0.5, 0.6) is 0 Å². The molecule has 24 heavy (non-hydrogen) atoms. The van der Waals surface area contributed by atoms with Crippen LogP contribution in [0.3, 0.4) is 0 Å². The number of para-hydroxylation sites is 2. The zero-order valence-corrected chi connectivity index (χ0v) is 14.8. The fourth-order valence-electron chi connectivity index (χ4n) is 3.64. The number of fused-ring (bicyclic) bond motifs is 1. The van der Waals surface area contributed by atoms with Crippen molar-refractivity contribution in [3.63, 3.8) is 0 Å². The summed E-state index contributed by atoms with van der Waals surface area (Å²) in [7, 11) is -2.99. The Morgan fingerprint density at radius 2 is 1.79 bits per heavy atom. The van der Waals surface area contributed by atoms with Crippen LogP contribution >= 0.6 is 10.8 Å². The Labute approximate surface area is 145 Å². The molecule has 0 saturated heterocycles. The molecule has 0 amide bonds. The second kappa shape index (κ2) is 7.15. The maximum Gasteiger partial charge on any atom is 0.0761 e. The van der Waals surface area contributed by atoms with E-state index < -0.39 is 10.8 Å². The van der Waals surface area contributed by atoms with Crippen LogP contribution in [0.1, 0.15) is 25.3 Å². The Balaban J connectivity index is 2.11. The topological polar surface area (TPSA) is 69.7 Å². The number of rotatable bonds is 5. The van der Waals surface area contributed by atoms with E-state index in [1.165, 1.54) is 0 Å². The van der Waals surface area contributed by atoms with Gasteiger partial charge < -0.3 is 5.73 Å². The molecule has 5 heteroatoms. The van der Waals surface area contributed by atoms with E-state index in [-0.39, 0.29) is 11.2 Å². The zero-order valence-electron chi connectivity index (χ0n) is 14.0. The molecule has 4 nitrogen and oxygen atoms in total. The number of benzene rings is 2. The van der Waals surface area contributed by atoms with Gasteiger partial charge >= 0.3 is 0 Å². The predicted molar refractivity (Wildman–Crippen MR) is 103 cm³/mol. The molecule has 0 saturated carbocycles. The van der Waals surface area contributed by atoms with Crippen molar-refractivity contribution in [2.24, 2.45) is 11.7 Å². The van der Waals surface area contributed by atoms with Crippen LogP contribution in [0.4, 0.5) is 11.4 Å². The Hall–Kier alpha value is -1.53. The third-order valence-electron chi connectivity index (χ3n) is 4.88. The number of anilines is 2. The van der Waals surface area contributed by atoms with Gasteiger partial charge in [0.2, 0.25) is 0 Å². The summed E-state index contributed by atoms with van der Waals surface area (Å²) in [6, 6.07) is 17.7.